The maximum absolute atomic E-state index is 11.8. The van der Waals surface area contributed by atoms with Crippen molar-refractivity contribution in [3.63, 3.8) is 0 Å². The summed E-state index contributed by atoms with van der Waals surface area (Å²) in [5.74, 6) is 0.244. The molecule has 4 nitrogen and oxygen atoms in total. The second-order valence-corrected chi connectivity index (χ2v) is 4.71. The van der Waals surface area contributed by atoms with Gasteiger partial charge in [-0.2, -0.15) is 0 Å². The number of pyridine rings is 1. The molecule has 4 heteroatoms. The topological polar surface area (TPSA) is 76.2 Å². The summed E-state index contributed by atoms with van der Waals surface area (Å²) >= 11 is 0. The Kier molecular flexibility index (Phi) is 2.71. The summed E-state index contributed by atoms with van der Waals surface area (Å²) in [6.07, 6.45) is 2.16. The molecular weight excluding hydrogens is 240 g/mol. The number of aryl methyl sites for hydroxylation is 1. The average molecular weight is 254 g/mol. The van der Waals surface area contributed by atoms with Crippen LogP contribution in [0, 0.1) is 0 Å². The van der Waals surface area contributed by atoms with Crippen LogP contribution in [-0.4, -0.2) is 15.9 Å². The van der Waals surface area contributed by atoms with Gasteiger partial charge in [-0.1, -0.05) is 12.1 Å². The minimum Gasteiger partial charge on any atom is -0.507 e. The van der Waals surface area contributed by atoms with E-state index >= 15 is 0 Å². The van der Waals surface area contributed by atoms with Gasteiger partial charge in [0.2, 0.25) is 0 Å². The van der Waals surface area contributed by atoms with Crippen LogP contribution in [-0.2, 0) is 6.42 Å². The molecular formula is C15H14N2O2. The Morgan fingerprint density at radius 3 is 2.74 bits per heavy atom. The number of para-hydroxylation sites is 1. The van der Waals surface area contributed by atoms with E-state index in [0.29, 0.717) is 28.9 Å². The van der Waals surface area contributed by atoms with E-state index in [0.717, 1.165) is 18.5 Å². The molecule has 3 N–H and O–H groups in total. The number of anilines is 1. The van der Waals surface area contributed by atoms with E-state index in [1.165, 1.54) is 0 Å². The summed E-state index contributed by atoms with van der Waals surface area (Å²) in [4.78, 5) is 16.3. The van der Waals surface area contributed by atoms with E-state index in [9.17, 15) is 9.90 Å². The number of nitrogens with zero attached hydrogens (tertiary/aromatic N) is 1. The van der Waals surface area contributed by atoms with E-state index in [1.807, 2.05) is 6.07 Å². The summed E-state index contributed by atoms with van der Waals surface area (Å²) in [5.41, 5.74) is 8.96. The first-order valence-corrected chi connectivity index (χ1v) is 6.28. The third kappa shape index (κ3) is 1.95. The van der Waals surface area contributed by atoms with Crippen LogP contribution in [0.1, 0.15) is 28.9 Å². The Morgan fingerprint density at radius 1 is 1.16 bits per heavy atom. The summed E-state index contributed by atoms with van der Waals surface area (Å²) in [5, 5.41) is 9.88. The number of phenols is 1. The molecule has 0 saturated carbocycles. The van der Waals surface area contributed by atoms with Gasteiger partial charge in [0.15, 0.2) is 5.78 Å². The van der Waals surface area contributed by atoms with E-state index in [2.05, 4.69) is 4.98 Å². The number of benzene rings is 1. The number of aromatic nitrogens is 1. The summed E-state index contributed by atoms with van der Waals surface area (Å²) in [6, 6.07) is 8.62. The smallest absolute Gasteiger partial charge is 0.164 e. The van der Waals surface area contributed by atoms with Crippen LogP contribution in [0.4, 0.5) is 5.69 Å². The highest BCUT2D eigenvalue weighted by molar-refractivity contribution is 5.99. The maximum atomic E-state index is 11.8. The zero-order chi connectivity index (χ0) is 13.4. The SMILES string of the molecule is Nc1cc2c(nc1-c1ccccc1O)CCCC2=O. The van der Waals surface area contributed by atoms with Crippen LogP contribution in [0.5, 0.6) is 5.75 Å². The number of carbonyl (C=O) groups is 1. The zero-order valence-electron chi connectivity index (χ0n) is 10.4. The van der Waals surface area contributed by atoms with E-state index in [1.54, 1.807) is 24.3 Å². The van der Waals surface area contributed by atoms with Crippen molar-refractivity contribution >= 4 is 11.5 Å². The fourth-order valence-electron chi connectivity index (χ4n) is 2.44. The molecule has 0 bridgehead atoms. The maximum Gasteiger partial charge on any atom is 0.164 e. The molecule has 1 heterocycles. The molecule has 0 atom stereocenters. The Bertz CT molecular complexity index is 665. The van der Waals surface area contributed by atoms with Crippen molar-refractivity contribution in [1.82, 2.24) is 4.98 Å². The van der Waals surface area contributed by atoms with Crippen LogP contribution in [0.25, 0.3) is 11.3 Å². The quantitative estimate of drug-likeness (QED) is 0.820. The summed E-state index contributed by atoms with van der Waals surface area (Å²) < 4.78 is 0. The van der Waals surface area contributed by atoms with Gasteiger partial charge in [0.25, 0.3) is 0 Å². The minimum atomic E-state index is 0.101. The second kappa shape index (κ2) is 4.39. The summed E-state index contributed by atoms with van der Waals surface area (Å²) in [6.45, 7) is 0. The van der Waals surface area contributed by atoms with Crippen molar-refractivity contribution in [2.24, 2.45) is 0 Å². The number of rotatable bonds is 1. The van der Waals surface area contributed by atoms with Crippen molar-refractivity contribution in [3.8, 4) is 17.0 Å². The fraction of sp³-hybridized carbons (Fsp3) is 0.200. The Balaban J connectivity index is 2.19. The first-order chi connectivity index (χ1) is 9.16. The van der Waals surface area contributed by atoms with Crippen LogP contribution in [0.15, 0.2) is 30.3 Å². The Hall–Kier alpha value is -2.36. The number of Topliss-reactive ketones (excluding diaryl/α,β-unsaturated/α-hetero) is 1. The van der Waals surface area contributed by atoms with Gasteiger partial charge >= 0.3 is 0 Å². The lowest BCUT2D eigenvalue weighted by molar-refractivity contribution is 0.0971. The molecule has 1 aromatic heterocycles. The Labute approximate surface area is 110 Å². The number of fused-ring (bicyclic) bond motifs is 1. The molecule has 1 aromatic carbocycles. The highest BCUT2D eigenvalue weighted by atomic mass is 16.3. The molecule has 1 aliphatic carbocycles. The van der Waals surface area contributed by atoms with Gasteiger partial charge in [-0.15, -0.1) is 0 Å². The van der Waals surface area contributed by atoms with Crippen molar-refractivity contribution in [2.45, 2.75) is 19.3 Å². The van der Waals surface area contributed by atoms with Gasteiger partial charge in [-0.25, -0.2) is 4.98 Å². The molecule has 2 aromatic rings. The third-order valence-corrected chi connectivity index (χ3v) is 3.41. The van der Waals surface area contributed by atoms with E-state index < -0.39 is 0 Å². The normalized spacial score (nSPS) is 14.2. The predicted molar refractivity (Wildman–Crippen MR) is 73.0 cm³/mol. The number of nitrogens with two attached hydrogens (primary N) is 1. The van der Waals surface area contributed by atoms with E-state index in [4.69, 9.17) is 5.73 Å². The first-order valence-electron chi connectivity index (χ1n) is 6.28. The lowest BCUT2D eigenvalue weighted by Gasteiger charge is -2.16. The molecule has 0 saturated heterocycles. The standard InChI is InChI=1S/C15H14N2O2/c16-11-8-10-12(5-3-7-14(10)19)17-15(11)9-4-1-2-6-13(9)18/h1-2,4,6,8,18H,3,5,7,16H2. The van der Waals surface area contributed by atoms with Gasteiger partial charge < -0.3 is 10.8 Å². The van der Waals surface area contributed by atoms with Crippen LogP contribution in [0.3, 0.4) is 0 Å². The molecule has 0 fully saturated rings. The largest absolute Gasteiger partial charge is 0.507 e. The lowest BCUT2D eigenvalue weighted by atomic mass is 9.93. The van der Waals surface area contributed by atoms with Crippen molar-refractivity contribution in [1.29, 1.82) is 0 Å². The van der Waals surface area contributed by atoms with Crippen LogP contribution < -0.4 is 5.73 Å². The van der Waals surface area contributed by atoms with Crippen molar-refractivity contribution in [2.75, 3.05) is 5.73 Å². The van der Waals surface area contributed by atoms with Gasteiger partial charge in [0.05, 0.1) is 17.1 Å². The number of phenolic OH excluding ortho intramolecular Hbond substituents is 1. The van der Waals surface area contributed by atoms with Crippen molar-refractivity contribution in [3.05, 3.63) is 41.6 Å². The van der Waals surface area contributed by atoms with Crippen LogP contribution >= 0.6 is 0 Å². The minimum absolute atomic E-state index is 0.101. The molecule has 0 radical (unpaired) electrons. The van der Waals surface area contributed by atoms with Gasteiger partial charge in [0, 0.05) is 17.5 Å². The molecule has 19 heavy (non-hydrogen) atoms. The number of nitrogen functional groups attached to an aromatic ring is 1. The highest BCUT2D eigenvalue weighted by Crippen LogP contribution is 2.34. The number of hydrogen-bond acceptors (Lipinski definition) is 4. The van der Waals surface area contributed by atoms with Crippen LogP contribution in [0.2, 0.25) is 0 Å². The molecule has 0 spiro atoms. The number of hydrogen-bond donors (Lipinski definition) is 2. The van der Waals surface area contributed by atoms with Gasteiger partial charge in [0.1, 0.15) is 5.75 Å². The lowest BCUT2D eigenvalue weighted by Crippen LogP contribution is -2.14. The molecule has 96 valence electrons. The van der Waals surface area contributed by atoms with Gasteiger partial charge in [-0.3, -0.25) is 4.79 Å². The molecule has 0 aliphatic heterocycles. The fourth-order valence-corrected chi connectivity index (χ4v) is 2.44. The number of ketones is 1. The molecule has 1 aliphatic rings. The van der Waals surface area contributed by atoms with Crippen molar-refractivity contribution < 1.29 is 9.90 Å². The van der Waals surface area contributed by atoms with E-state index in [-0.39, 0.29) is 11.5 Å². The monoisotopic (exact) mass is 254 g/mol. The second-order valence-electron chi connectivity index (χ2n) is 4.71. The highest BCUT2D eigenvalue weighted by Gasteiger charge is 2.21. The molecule has 3 rings (SSSR count). The molecule has 0 unspecified atom stereocenters. The Morgan fingerprint density at radius 2 is 1.95 bits per heavy atom. The third-order valence-electron chi connectivity index (χ3n) is 3.41. The predicted octanol–water partition coefficient (Wildman–Crippen LogP) is 2.56. The summed E-state index contributed by atoms with van der Waals surface area (Å²) in [7, 11) is 0. The van der Waals surface area contributed by atoms with Gasteiger partial charge in [-0.05, 0) is 31.0 Å². The number of carbonyl (C=O) groups excluding carboxylic acids is 1. The average Bonchev–Trinajstić information content (AvgIpc) is 2.40. The molecule has 0 amide bonds. The first kappa shape index (κ1) is 11.7. The number of aromatic hydroxyl groups is 1. The zero-order valence-corrected chi connectivity index (χ0v) is 10.4.